The average Bonchev–Trinajstić information content (AvgIpc) is 3.17. The predicted octanol–water partition coefficient (Wildman–Crippen LogP) is -0.292. The van der Waals surface area contributed by atoms with E-state index in [1.165, 1.54) is 4.57 Å². The number of H-pyrrole nitrogens is 1. The summed E-state index contributed by atoms with van der Waals surface area (Å²) in [7, 11) is 3.13. The van der Waals surface area contributed by atoms with Crippen molar-refractivity contribution in [3.63, 3.8) is 0 Å². The maximum atomic E-state index is 12.6. The van der Waals surface area contributed by atoms with Gasteiger partial charge >= 0.3 is 5.69 Å². The molecule has 1 aliphatic rings. The number of hydrogen-bond acceptors (Lipinski definition) is 8. The largest absolute Gasteiger partial charge is 0.497 e. The summed E-state index contributed by atoms with van der Waals surface area (Å²) in [6.45, 7) is 2.32. The van der Waals surface area contributed by atoms with Crippen molar-refractivity contribution in [2.24, 2.45) is 7.05 Å². The van der Waals surface area contributed by atoms with E-state index in [0.717, 1.165) is 0 Å². The number of aromatic amines is 1. The van der Waals surface area contributed by atoms with Crippen LogP contribution in [0.4, 0.5) is 5.95 Å². The van der Waals surface area contributed by atoms with Crippen molar-refractivity contribution in [2.45, 2.75) is 12.6 Å². The van der Waals surface area contributed by atoms with E-state index >= 15 is 0 Å². The van der Waals surface area contributed by atoms with Crippen LogP contribution in [0.2, 0.25) is 0 Å². The van der Waals surface area contributed by atoms with Crippen LogP contribution < -0.4 is 25.6 Å². The highest BCUT2D eigenvalue weighted by molar-refractivity contribution is 5.74. The number of imidazole rings is 1. The Balaban J connectivity index is 1.62. The van der Waals surface area contributed by atoms with Gasteiger partial charge in [0.1, 0.15) is 24.2 Å². The molecule has 11 nitrogen and oxygen atoms in total. The van der Waals surface area contributed by atoms with Crippen molar-refractivity contribution in [3.8, 4) is 11.5 Å². The van der Waals surface area contributed by atoms with Crippen LogP contribution in [0.15, 0.2) is 33.9 Å². The number of rotatable bonds is 7. The van der Waals surface area contributed by atoms with Crippen molar-refractivity contribution in [1.82, 2.24) is 19.1 Å². The van der Waals surface area contributed by atoms with Crippen molar-refractivity contribution < 1.29 is 19.3 Å². The van der Waals surface area contributed by atoms with Gasteiger partial charge in [-0.25, -0.2) is 4.79 Å². The Labute approximate surface area is 177 Å². The molecule has 0 aliphatic carbocycles. The molecular formula is C20H25N5O6. The van der Waals surface area contributed by atoms with Crippen LogP contribution >= 0.6 is 0 Å². The molecule has 0 bridgehead atoms. The summed E-state index contributed by atoms with van der Waals surface area (Å²) >= 11 is 0. The minimum absolute atomic E-state index is 0.0121. The van der Waals surface area contributed by atoms with Crippen molar-refractivity contribution in [3.05, 3.63) is 45.1 Å². The van der Waals surface area contributed by atoms with Crippen LogP contribution in [0.25, 0.3) is 11.2 Å². The molecule has 3 heterocycles. The fourth-order valence-electron chi connectivity index (χ4n) is 3.53. The Morgan fingerprint density at radius 3 is 2.55 bits per heavy atom. The SMILES string of the molecule is COc1ccc(OC[C@H](O)Cn2c(N3CCOCC3)nc3c2c(=O)[nH]c(=O)n3C)cc1. The van der Waals surface area contributed by atoms with Gasteiger partial charge in [0.25, 0.3) is 5.56 Å². The summed E-state index contributed by atoms with van der Waals surface area (Å²) in [5, 5.41) is 10.7. The smallest absolute Gasteiger partial charge is 0.329 e. The van der Waals surface area contributed by atoms with Gasteiger partial charge in [0.15, 0.2) is 11.2 Å². The normalized spacial score (nSPS) is 15.3. The third-order valence-corrected chi connectivity index (χ3v) is 5.18. The molecular weight excluding hydrogens is 406 g/mol. The first kappa shape index (κ1) is 20.9. The van der Waals surface area contributed by atoms with Crippen molar-refractivity contribution >= 4 is 17.1 Å². The summed E-state index contributed by atoms with van der Waals surface area (Å²) < 4.78 is 19.1. The second-order valence-corrected chi connectivity index (χ2v) is 7.25. The summed E-state index contributed by atoms with van der Waals surface area (Å²) in [4.78, 5) is 33.5. The highest BCUT2D eigenvalue weighted by Crippen LogP contribution is 2.22. The lowest BCUT2D eigenvalue weighted by Gasteiger charge is -2.28. The van der Waals surface area contributed by atoms with Gasteiger partial charge in [0, 0.05) is 20.1 Å². The van der Waals surface area contributed by atoms with E-state index in [1.54, 1.807) is 43.0 Å². The quantitative estimate of drug-likeness (QED) is 0.523. The van der Waals surface area contributed by atoms with Gasteiger partial charge < -0.3 is 28.8 Å². The summed E-state index contributed by atoms with van der Waals surface area (Å²) in [5.41, 5.74) is -0.599. The molecule has 4 rings (SSSR count). The molecule has 0 amide bonds. The summed E-state index contributed by atoms with van der Waals surface area (Å²) in [6.07, 6.45) is -0.920. The van der Waals surface area contributed by atoms with E-state index in [2.05, 4.69) is 9.97 Å². The summed E-state index contributed by atoms with van der Waals surface area (Å²) in [5.74, 6) is 1.80. The lowest BCUT2D eigenvalue weighted by Crippen LogP contribution is -2.39. The Hall–Kier alpha value is -3.31. The van der Waals surface area contributed by atoms with Gasteiger partial charge in [-0.2, -0.15) is 4.98 Å². The molecule has 0 unspecified atom stereocenters. The van der Waals surface area contributed by atoms with Gasteiger partial charge in [0.05, 0.1) is 26.9 Å². The average molecular weight is 431 g/mol. The third-order valence-electron chi connectivity index (χ3n) is 5.18. The molecule has 2 N–H and O–H groups in total. The summed E-state index contributed by atoms with van der Waals surface area (Å²) in [6, 6.07) is 7.03. The number of aromatic nitrogens is 4. The number of anilines is 1. The maximum absolute atomic E-state index is 12.6. The van der Waals surface area contributed by atoms with Crippen LogP contribution in [-0.2, 0) is 18.3 Å². The van der Waals surface area contributed by atoms with Gasteiger partial charge in [-0.15, -0.1) is 0 Å². The first-order chi connectivity index (χ1) is 15.0. The molecule has 11 heteroatoms. The van der Waals surface area contributed by atoms with Crippen LogP contribution in [0.3, 0.4) is 0 Å². The fourth-order valence-corrected chi connectivity index (χ4v) is 3.53. The molecule has 1 atom stereocenters. The van der Waals surface area contributed by atoms with Gasteiger partial charge in [-0.05, 0) is 24.3 Å². The number of methoxy groups -OCH3 is 1. The predicted molar refractivity (Wildman–Crippen MR) is 113 cm³/mol. The van der Waals surface area contributed by atoms with Crippen LogP contribution in [-0.4, -0.2) is 70.3 Å². The Morgan fingerprint density at radius 2 is 1.87 bits per heavy atom. The zero-order valence-corrected chi connectivity index (χ0v) is 17.4. The minimum atomic E-state index is -0.920. The number of nitrogens with one attached hydrogen (secondary N) is 1. The molecule has 1 aliphatic heterocycles. The molecule has 1 aromatic carbocycles. The van der Waals surface area contributed by atoms with Gasteiger partial charge in [0.2, 0.25) is 5.95 Å². The van der Waals surface area contributed by atoms with E-state index < -0.39 is 17.4 Å². The zero-order valence-electron chi connectivity index (χ0n) is 17.4. The Kier molecular flexibility index (Phi) is 5.96. The lowest BCUT2D eigenvalue weighted by molar-refractivity contribution is 0.0927. The molecule has 3 aromatic rings. The first-order valence-corrected chi connectivity index (χ1v) is 9.95. The minimum Gasteiger partial charge on any atom is -0.497 e. The highest BCUT2D eigenvalue weighted by atomic mass is 16.5. The molecule has 0 radical (unpaired) electrons. The van der Waals surface area contributed by atoms with E-state index in [0.29, 0.717) is 43.8 Å². The Bertz CT molecular complexity index is 1160. The number of fused-ring (bicyclic) bond motifs is 1. The molecule has 2 aromatic heterocycles. The zero-order chi connectivity index (χ0) is 22.0. The molecule has 1 fully saturated rings. The first-order valence-electron chi connectivity index (χ1n) is 9.95. The molecule has 1 saturated heterocycles. The third kappa shape index (κ3) is 4.28. The second kappa shape index (κ2) is 8.82. The van der Waals surface area contributed by atoms with Crippen LogP contribution in [0.5, 0.6) is 11.5 Å². The second-order valence-electron chi connectivity index (χ2n) is 7.25. The van der Waals surface area contributed by atoms with E-state index in [9.17, 15) is 14.7 Å². The number of hydrogen-bond donors (Lipinski definition) is 2. The number of morpholine rings is 1. The van der Waals surface area contributed by atoms with Crippen LogP contribution in [0, 0.1) is 0 Å². The fraction of sp³-hybridized carbons (Fsp3) is 0.450. The van der Waals surface area contributed by atoms with Crippen LogP contribution in [0.1, 0.15) is 0 Å². The van der Waals surface area contributed by atoms with E-state index in [-0.39, 0.29) is 24.3 Å². The number of ether oxygens (including phenoxy) is 3. The molecule has 0 spiro atoms. The molecule has 166 valence electrons. The van der Waals surface area contributed by atoms with Crippen molar-refractivity contribution in [2.75, 3.05) is 44.9 Å². The van der Waals surface area contributed by atoms with E-state index in [1.807, 2.05) is 4.90 Å². The lowest BCUT2D eigenvalue weighted by atomic mass is 10.3. The van der Waals surface area contributed by atoms with E-state index in [4.69, 9.17) is 14.2 Å². The van der Waals surface area contributed by atoms with Crippen molar-refractivity contribution in [1.29, 1.82) is 0 Å². The Morgan fingerprint density at radius 1 is 1.19 bits per heavy atom. The number of aryl methyl sites for hydroxylation is 1. The van der Waals surface area contributed by atoms with Gasteiger partial charge in [-0.3, -0.25) is 14.3 Å². The highest BCUT2D eigenvalue weighted by Gasteiger charge is 2.24. The monoisotopic (exact) mass is 431 g/mol. The standard InChI is InChI=1S/C20H25N5O6/c1-23-17-16(18(27)22-20(23)28)25(19(21-17)24-7-9-30-10-8-24)11-13(26)12-31-15-5-3-14(29-2)4-6-15/h3-6,13,26H,7-12H2,1-2H3,(H,22,27,28)/t13-/m1/s1. The maximum Gasteiger partial charge on any atom is 0.329 e. The number of aliphatic hydroxyl groups is 1. The van der Waals surface area contributed by atoms with Gasteiger partial charge in [-0.1, -0.05) is 0 Å². The number of nitrogens with zero attached hydrogens (tertiary/aromatic N) is 4. The topological polar surface area (TPSA) is 124 Å². The number of aliphatic hydroxyl groups excluding tert-OH is 1. The molecule has 0 saturated carbocycles. The number of benzene rings is 1. The molecule has 31 heavy (non-hydrogen) atoms.